The van der Waals surface area contributed by atoms with Gasteiger partial charge in [-0.05, 0) is 37.6 Å². The van der Waals surface area contributed by atoms with Crippen molar-refractivity contribution < 1.29 is 8.42 Å². The Hall–Kier alpha value is -1.21. The molecule has 2 aromatic rings. The van der Waals surface area contributed by atoms with E-state index in [1.165, 1.54) is 0 Å². The monoisotopic (exact) mass is 341 g/mol. The van der Waals surface area contributed by atoms with E-state index in [-0.39, 0.29) is 18.4 Å². The first-order valence-corrected chi connectivity index (χ1v) is 8.52. The first-order valence-electron chi connectivity index (χ1n) is 7.08. The van der Waals surface area contributed by atoms with Gasteiger partial charge in [0, 0.05) is 37.3 Å². The third-order valence-corrected chi connectivity index (χ3v) is 5.80. The number of aromatic nitrogens is 1. The van der Waals surface area contributed by atoms with Crippen molar-refractivity contribution in [3.63, 3.8) is 0 Å². The number of nitrogens with zero attached hydrogens (tertiary/aromatic N) is 2. The van der Waals surface area contributed by atoms with Crippen LogP contribution < -0.4 is 5.32 Å². The number of piperazine rings is 1. The molecular weight excluding hydrogens is 322 g/mol. The van der Waals surface area contributed by atoms with Gasteiger partial charge in [0.25, 0.3) is 0 Å². The van der Waals surface area contributed by atoms with Crippen LogP contribution in [-0.4, -0.2) is 43.4 Å². The van der Waals surface area contributed by atoms with Gasteiger partial charge in [0.1, 0.15) is 0 Å². The molecule has 0 aliphatic carbocycles. The van der Waals surface area contributed by atoms with E-state index in [0.29, 0.717) is 29.9 Å². The van der Waals surface area contributed by atoms with Crippen molar-refractivity contribution in [1.82, 2.24) is 14.6 Å². The van der Waals surface area contributed by atoms with E-state index in [9.17, 15) is 8.42 Å². The van der Waals surface area contributed by atoms with Crippen molar-refractivity contribution in [1.29, 1.82) is 0 Å². The summed E-state index contributed by atoms with van der Waals surface area (Å²) in [4.78, 5) is 4.67. The van der Waals surface area contributed by atoms with Crippen LogP contribution in [0.15, 0.2) is 35.4 Å². The Morgan fingerprint density at radius 3 is 2.82 bits per heavy atom. The van der Waals surface area contributed by atoms with Gasteiger partial charge in [-0.1, -0.05) is 6.07 Å². The molecule has 1 aromatic heterocycles. The van der Waals surface area contributed by atoms with E-state index >= 15 is 0 Å². The summed E-state index contributed by atoms with van der Waals surface area (Å²) < 4.78 is 27.4. The van der Waals surface area contributed by atoms with Gasteiger partial charge in [0.05, 0.1) is 10.4 Å². The van der Waals surface area contributed by atoms with Crippen molar-refractivity contribution >= 4 is 33.3 Å². The molecule has 120 valence electrons. The summed E-state index contributed by atoms with van der Waals surface area (Å²) >= 11 is 0. The number of halogens is 1. The molecule has 22 heavy (non-hydrogen) atoms. The molecule has 3 rings (SSSR count). The van der Waals surface area contributed by atoms with Crippen LogP contribution in [0.25, 0.3) is 10.9 Å². The zero-order chi connectivity index (χ0) is 15.0. The van der Waals surface area contributed by atoms with E-state index in [1.54, 1.807) is 22.6 Å². The average molecular weight is 342 g/mol. The van der Waals surface area contributed by atoms with Gasteiger partial charge < -0.3 is 5.32 Å². The van der Waals surface area contributed by atoms with Crippen LogP contribution >= 0.6 is 12.4 Å². The van der Waals surface area contributed by atoms with Gasteiger partial charge in [-0.15, -0.1) is 12.4 Å². The second-order valence-electron chi connectivity index (χ2n) is 5.50. The lowest BCUT2D eigenvalue weighted by Gasteiger charge is -2.31. The van der Waals surface area contributed by atoms with E-state index in [0.717, 1.165) is 11.1 Å². The van der Waals surface area contributed by atoms with Gasteiger partial charge >= 0.3 is 0 Å². The van der Waals surface area contributed by atoms with Crippen LogP contribution in [0, 0.1) is 6.92 Å². The fourth-order valence-electron chi connectivity index (χ4n) is 2.77. The molecule has 1 N–H and O–H groups in total. The molecule has 0 amide bonds. The quantitative estimate of drug-likeness (QED) is 0.907. The zero-order valence-corrected chi connectivity index (χ0v) is 14.2. The van der Waals surface area contributed by atoms with E-state index in [2.05, 4.69) is 10.3 Å². The van der Waals surface area contributed by atoms with Crippen LogP contribution in [0.3, 0.4) is 0 Å². The topological polar surface area (TPSA) is 62.3 Å². The minimum atomic E-state index is -3.48. The number of aryl methyl sites for hydroxylation is 1. The lowest BCUT2D eigenvalue weighted by atomic mass is 10.1. The predicted molar refractivity (Wildman–Crippen MR) is 90.0 cm³/mol. The zero-order valence-electron chi connectivity index (χ0n) is 12.6. The van der Waals surface area contributed by atoms with Gasteiger partial charge in [0.15, 0.2) is 0 Å². The number of fused-ring (bicyclic) bond motifs is 1. The summed E-state index contributed by atoms with van der Waals surface area (Å²) in [5.74, 6) is 0. The third-order valence-electron chi connectivity index (χ3n) is 3.88. The lowest BCUT2D eigenvalue weighted by molar-refractivity contribution is 0.310. The first-order chi connectivity index (χ1) is 10.00. The summed E-state index contributed by atoms with van der Waals surface area (Å²) in [6, 6.07) is 7.30. The highest BCUT2D eigenvalue weighted by Crippen LogP contribution is 2.27. The molecule has 0 saturated carbocycles. The first kappa shape index (κ1) is 17.1. The molecule has 1 fully saturated rings. The van der Waals surface area contributed by atoms with E-state index in [1.807, 2.05) is 26.0 Å². The largest absolute Gasteiger partial charge is 0.312 e. The Morgan fingerprint density at radius 2 is 2.09 bits per heavy atom. The Labute approximate surface area is 137 Å². The Balaban J connectivity index is 0.00000176. The fourth-order valence-corrected chi connectivity index (χ4v) is 4.48. The maximum Gasteiger partial charge on any atom is 0.243 e. The third kappa shape index (κ3) is 2.96. The molecule has 0 spiro atoms. The summed E-state index contributed by atoms with van der Waals surface area (Å²) in [6.07, 6.45) is 1.69. The van der Waals surface area contributed by atoms with Crippen molar-refractivity contribution in [2.45, 2.75) is 24.8 Å². The Bertz CT molecular complexity index is 779. The second-order valence-corrected chi connectivity index (χ2v) is 7.40. The molecule has 1 atom stereocenters. The standard InChI is InChI=1S/C15H19N3O2S.ClH/c1-11-5-6-14(13-4-3-7-17-15(11)13)21(19,20)18-9-8-16-12(2)10-18;/h3-7,12,16H,8-10H2,1-2H3;1H/t12-;/m1./s1. The van der Waals surface area contributed by atoms with Gasteiger partial charge in [-0.2, -0.15) is 4.31 Å². The van der Waals surface area contributed by atoms with Crippen molar-refractivity contribution in [2.24, 2.45) is 0 Å². The molecule has 1 aromatic carbocycles. The maximum absolute atomic E-state index is 12.9. The fraction of sp³-hybridized carbons (Fsp3) is 0.400. The molecule has 0 unspecified atom stereocenters. The molecule has 7 heteroatoms. The number of hydrogen-bond acceptors (Lipinski definition) is 4. The van der Waals surface area contributed by atoms with Crippen LogP contribution in [-0.2, 0) is 10.0 Å². The summed E-state index contributed by atoms with van der Waals surface area (Å²) in [5, 5.41) is 3.96. The van der Waals surface area contributed by atoms with Crippen LogP contribution in [0.4, 0.5) is 0 Å². The highest BCUT2D eigenvalue weighted by Gasteiger charge is 2.29. The molecule has 5 nitrogen and oxygen atoms in total. The number of nitrogens with one attached hydrogen (secondary N) is 1. The van der Waals surface area contributed by atoms with Crippen molar-refractivity contribution in [3.8, 4) is 0 Å². The predicted octanol–water partition coefficient (Wildman–Crippen LogP) is 1.95. The number of rotatable bonds is 2. The van der Waals surface area contributed by atoms with Gasteiger partial charge in [-0.3, -0.25) is 4.98 Å². The van der Waals surface area contributed by atoms with Crippen molar-refractivity contribution in [2.75, 3.05) is 19.6 Å². The Kier molecular flexibility index (Phi) is 5.07. The number of sulfonamides is 1. The second kappa shape index (κ2) is 6.50. The van der Waals surface area contributed by atoms with Crippen LogP contribution in [0.2, 0.25) is 0 Å². The number of hydrogen-bond donors (Lipinski definition) is 1. The summed E-state index contributed by atoms with van der Waals surface area (Å²) in [5.41, 5.74) is 1.74. The average Bonchev–Trinajstić information content (AvgIpc) is 2.47. The van der Waals surface area contributed by atoms with Gasteiger partial charge in [0.2, 0.25) is 10.0 Å². The van der Waals surface area contributed by atoms with Crippen molar-refractivity contribution in [3.05, 3.63) is 36.0 Å². The molecular formula is C15H20ClN3O2S. The molecule has 2 heterocycles. The Morgan fingerprint density at radius 1 is 1.32 bits per heavy atom. The minimum Gasteiger partial charge on any atom is -0.312 e. The van der Waals surface area contributed by atoms with E-state index < -0.39 is 10.0 Å². The van der Waals surface area contributed by atoms with E-state index in [4.69, 9.17) is 0 Å². The molecule has 0 radical (unpaired) electrons. The highest BCUT2D eigenvalue weighted by atomic mass is 35.5. The molecule has 1 saturated heterocycles. The normalized spacial score (nSPS) is 19.8. The molecule has 0 bridgehead atoms. The minimum absolute atomic E-state index is 0. The SMILES string of the molecule is Cc1ccc(S(=O)(=O)N2CCN[C@H](C)C2)c2cccnc12.Cl. The summed E-state index contributed by atoms with van der Waals surface area (Å²) in [6.45, 7) is 5.62. The lowest BCUT2D eigenvalue weighted by Crippen LogP contribution is -2.51. The molecule has 1 aliphatic rings. The maximum atomic E-state index is 12.9. The van der Waals surface area contributed by atoms with Gasteiger partial charge in [-0.25, -0.2) is 8.42 Å². The summed E-state index contributed by atoms with van der Waals surface area (Å²) in [7, 11) is -3.48. The highest BCUT2D eigenvalue weighted by molar-refractivity contribution is 7.89. The van der Waals surface area contributed by atoms with Crippen LogP contribution in [0.5, 0.6) is 0 Å². The number of benzene rings is 1. The molecule has 1 aliphatic heterocycles. The smallest absolute Gasteiger partial charge is 0.243 e. The number of pyridine rings is 1. The van der Waals surface area contributed by atoms with Crippen LogP contribution in [0.1, 0.15) is 12.5 Å².